The third-order valence-corrected chi connectivity index (χ3v) is 5.42. The molecule has 0 heterocycles. The number of methoxy groups -OCH3 is 1. The van der Waals surface area contributed by atoms with Gasteiger partial charge in [-0.15, -0.1) is 0 Å². The van der Waals surface area contributed by atoms with Crippen LogP contribution in [0.1, 0.15) is 32.1 Å². The maximum atomic E-state index is 13.2. The van der Waals surface area contributed by atoms with Crippen molar-refractivity contribution in [1.82, 2.24) is 4.90 Å². The van der Waals surface area contributed by atoms with Gasteiger partial charge >= 0.3 is 0 Å². The Hall–Kier alpha value is -2.86. The lowest BCUT2D eigenvalue weighted by molar-refractivity contribution is -0.121. The SMILES string of the molecule is COc1cccc(NC(=O)CN(C)CC(=O)N(c2ccccc2)C2CCCCC2)c1. The molecule has 1 saturated carbocycles. The molecule has 2 amide bonds. The maximum absolute atomic E-state index is 13.2. The molecule has 1 fully saturated rings. The molecule has 30 heavy (non-hydrogen) atoms. The van der Waals surface area contributed by atoms with E-state index in [1.54, 1.807) is 25.1 Å². The van der Waals surface area contributed by atoms with Crippen molar-refractivity contribution < 1.29 is 14.3 Å². The fourth-order valence-electron chi connectivity index (χ4n) is 4.00. The zero-order chi connectivity index (χ0) is 21.3. The Labute approximate surface area is 178 Å². The predicted molar refractivity (Wildman–Crippen MR) is 120 cm³/mol. The summed E-state index contributed by atoms with van der Waals surface area (Å²) in [5.74, 6) is 0.551. The Balaban J connectivity index is 1.60. The van der Waals surface area contributed by atoms with Crippen molar-refractivity contribution in [3.05, 3.63) is 54.6 Å². The van der Waals surface area contributed by atoms with Crippen LogP contribution in [0.3, 0.4) is 0 Å². The van der Waals surface area contributed by atoms with Gasteiger partial charge in [0.1, 0.15) is 5.75 Å². The first-order chi connectivity index (χ1) is 14.6. The molecule has 2 aromatic carbocycles. The summed E-state index contributed by atoms with van der Waals surface area (Å²) >= 11 is 0. The number of carbonyl (C=O) groups excluding carboxylic acids is 2. The van der Waals surface area contributed by atoms with Gasteiger partial charge in [0, 0.05) is 23.5 Å². The summed E-state index contributed by atoms with van der Waals surface area (Å²) < 4.78 is 5.18. The lowest BCUT2D eigenvalue weighted by Crippen LogP contribution is -2.47. The van der Waals surface area contributed by atoms with Crippen molar-refractivity contribution in [3.8, 4) is 5.75 Å². The van der Waals surface area contributed by atoms with Crippen LogP contribution in [0.5, 0.6) is 5.75 Å². The molecule has 0 saturated heterocycles. The minimum atomic E-state index is -0.164. The van der Waals surface area contributed by atoms with Crippen LogP contribution in [-0.2, 0) is 9.59 Å². The van der Waals surface area contributed by atoms with Gasteiger partial charge in [0.25, 0.3) is 0 Å². The normalized spacial score (nSPS) is 14.4. The number of amides is 2. The number of rotatable bonds is 8. The van der Waals surface area contributed by atoms with Gasteiger partial charge in [0.05, 0.1) is 20.2 Å². The summed E-state index contributed by atoms with van der Waals surface area (Å²) in [5.41, 5.74) is 1.61. The number of para-hydroxylation sites is 1. The van der Waals surface area contributed by atoms with Gasteiger partial charge in [-0.05, 0) is 44.2 Å². The fourth-order valence-corrected chi connectivity index (χ4v) is 4.00. The van der Waals surface area contributed by atoms with Crippen LogP contribution in [0, 0.1) is 0 Å². The maximum Gasteiger partial charge on any atom is 0.241 e. The highest BCUT2D eigenvalue weighted by Gasteiger charge is 2.27. The van der Waals surface area contributed by atoms with Crippen LogP contribution in [0.15, 0.2) is 54.6 Å². The average molecular weight is 410 g/mol. The molecule has 1 N–H and O–H groups in total. The van der Waals surface area contributed by atoms with Crippen LogP contribution in [0.4, 0.5) is 11.4 Å². The number of anilines is 2. The summed E-state index contributed by atoms with van der Waals surface area (Å²) in [4.78, 5) is 29.3. The van der Waals surface area contributed by atoms with E-state index in [0.29, 0.717) is 11.4 Å². The molecule has 0 aromatic heterocycles. The molecule has 6 nitrogen and oxygen atoms in total. The standard InChI is InChI=1S/C24H31N3O3/c1-26(17-23(28)25-19-10-9-15-22(16-19)30-2)18-24(29)27(20-11-5-3-6-12-20)21-13-7-4-8-14-21/h3,5-6,9-12,15-16,21H,4,7-8,13-14,17-18H2,1-2H3,(H,25,28). The Bertz CT molecular complexity index is 835. The Kier molecular flexibility index (Phi) is 7.85. The van der Waals surface area contributed by atoms with Gasteiger partial charge in [0.2, 0.25) is 11.8 Å². The van der Waals surface area contributed by atoms with Gasteiger partial charge in [-0.25, -0.2) is 0 Å². The molecule has 1 aliphatic carbocycles. The Morgan fingerprint density at radius 3 is 2.43 bits per heavy atom. The highest BCUT2D eigenvalue weighted by Crippen LogP contribution is 2.27. The molecule has 6 heteroatoms. The number of likely N-dealkylation sites (N-methyl/N-ethyl adjacent to an activating group) is 1. The van der Waals surface area contributed by atoms with Crippen molar-refractivity contribution in [2.45, 2.75) is 38.1 Å². The molecular formula is C24H31N3O3. The number of hydrogen-bond donors (Lipinski definition) is 1. The van der Waals surface area contributed by atoms with E-state index in [4.69, 9.17) is 4.74 Å². The first-order valence-corrected chi connectivity index (χ1v) is 10.6. The monoisotopic (exact) mass is 409 g/mol. The van der Waals surface area contributed by atoms with Gasteiger partial charge in [-0.3, -0.25) is 14.5 Å². The van der Waals surface area contributed by atoms with E-state index in [1.165, 1.54) is 6.42 Å². The third-order valence-electron chi connectivity index (χ3n) is 5.42. The van der Waals surface area contributed by atoms with Crippen molar-refractivity contribution >= 4 is 23.2 Å². The predicted octanol–water partition coefficient (Wildman–Crippen LogP) is 3.93. The second-order valence-electron chi connectivity index (χ2n) is 7.84. The van der Waals surface area contributed by atoms with E-state index >= 15 is 0 Å². The summed E-state index contributed by atoms with van der Waals surface area (Å²) in [5, 5.41) is 2.86. The largest absolute Gasteiger partial charge is 0.497 e. The van der Waals surface area contributed by atoms with E-state index in [1.807, 2.05) is 53.4 Å². The topological polar surface area (TPSA) is 61.9 Å². The van der Waals surface area contributed by atoms with Crippen LogP contribution < -0.4 is 15.0 Å². The first-order valence-electron chi connectivity index (χ1n) is 10.6. The lowest BCUT2D eigenvalue weighted by atomic mass is 9.93. The quantitative estimate of drug-likeness (QED) is 0.718. The number of carbonyl (C=O) groups is 2. The van der Waals surface area contributed by atoms with E-state index in [0.717, 1.165) is 31.4 Å². The van der Waals surface area contributed by atoms with Crippen molar-refractivity contribution in [3.63, 3.8) is 0 Å². The zero-order valence-corrected chi connectivity index (χ0v) is 17.8. The summed E-state index contributed by atoms with van der Waals surface area (Å²) in [7, 11) is 3.39. The molecule has 0 bridgehead atoms. The molecule has 0 spiro atoms. The van der Waals surface area contributed by atoms with Gasteiger partial charge in [-0.2, -0.15) is 0 Å². The molecule has 0 atom stereocenters. The van der Waals surface area contributed by atoms with Crippen LogP contribution in [-0.4, -0.2) is 50.0 Å². The van der Waals surface area contributed by atoms with E-state index in [9.17, 15) is 9.59 Å². The molecule has 1 aliphatic rings. The third kappa shape index (κ3) is 6.07. The van der Waals surface area contributed by atoms with Gasteiger partial charge < -0.3 is 15.0 Å². The molecule has 0 unspecified atom stereocenters. The number of hydrogen-bond acceptors (Lipinski definition) is 4. The summed E-state index contributed by atoms with van der Waals surface area (Å²) in [6.45, 7) is 0.327. The Morgan fingerprint density at radius 2 is 1.73 bits per heavy atom. The summed E-state index contributed by atoms with van der Waals surface area (Å²) in [6, 6.07) is 17.3. The fraction of sp³-hybridized carbons (Fsp3) is 0.417. The van der Waals surface area contributed by atoms with Crippen molar-refractivity contribution in [1.29, 1.82) is 0 Å². The van der Waals surface area contributed by atoms with E-state index in [2.05, 4.69) is 5.32 Å². The minimum Gasteiger partial charge on any atom is -0.497 e. The van der Waals surface area contributed by atoms with Crippen LogP contribution in [0.25, 0.3) is 0 Å². The zero-order valence-electron chi connectivity index (χ0n) is 17.8. The van der Waals surface area contributed by atoms with Gasteiger partial charge in [-0.1, -0.05) is 43.5 Å². The number of nitrogens with one attached hydrogen (secondary N) is 1. The van der Waals surface area contributed by atoms with E-state index in [-0.39, 0.29) is 30.9 Å². The molecular weight excluding hydrogens is 378 g/mol. The number of ether oxygens (including phenoxy) is 1. The smallest absolute Gasteiger partial charge is 0.241 e. The molecule has 2 aromatic rings. The molecule has 3 rings (SSSR count). The highest BCUT2D eigenvalue weighted by molar-refractivity contribution is 5.96. The van der Waals surface area contributed by atoms with Crippen molar-refractivity contribution in [2.75, 3.05) is 37.5 Å². The van der Waals surface area contributed by atoms with Gasteiger partial charge in [0.15, 0.2) is 0 Å². The first kappa shape index (κ1) is 21.8. The second-order valence-corrected chi connectivity index (χ2v) is 7.84. The number of nitrogens with zero attached hydrogens (tertiary/aromatic N) is 2. The second kappa shape index (κ2) is 10.8. The lowest BCUT2D eigenvalue weighted by Gasteiger charge is -2.35. The molecule has 160 valence electrons. The molecule has 0 radical (unpaired) electrons. The average Bonchev–Trinajstić information content (AvgIpc) is 2.75. The highest BCUT2D eigenvalue weighted by atomic mass is 16.5. The van der Waals surface area contributed by atoms with E-state index < -0.39 is 0 Å². The minimum absolute atomic E-state index is 0.0322. The number of benzene rings is 2. The van der Waals surface area contributed by atoms with Crippen molar-refractivity contribution in [2.24, 2.45) is 0 Å². The van der Waals surface area contributed by atoms with Crippen LogP contribution >= 0.6 is 0 Å². The molecule has 0 aliphatic heterocycles. The summed E-state index contributed by atoms with van der Waals surface area (Å²) in [6.07, 6.45) is 5.60. The Morgan fingerprint density at radius 1 is 1.00 bits per heavy atom. The van der Waals surface area contributed by atoms with Crippen LogP contribution in [0.2, 0.25) is 0 Å².